The zero-order chi connectivity index (χ0) is 15.9. The summed E-state index contributed by atoms with van der Waals surface area (Å²) in [7, 11) is 1.34. The van der Waals surface area contributed by atoms with Crippen molar-refractivity contribution < 1.29 is 22.7 Å². The lowest BCUT2D eigenvalue weighted by Gasteiger charge is -2.38. The lowest BCUT2D eigenvalue weighted by Crippen LogP contribution is -2.51. The SMILES string of the molecule is CCCC1CC(NCC(F)(F)F)CN(CCC(=O)OC)C1. The predicted octanol–water partition coefficient (Wildman–Crippen LogP) is 2.19. The van der Waals surface area contributed by atoms with Gasteiger partial charge in [-0.25, -0.2) is 0 Å². The lowest BCUT2D eigenvalue weighted by molar-refractivity contribution is -0.141. The third-order valence-corrected chi connectivity index (χ3v) is 3.76. The number of carbonyl (C=O) groups is 1. The lowest BCUT2D eigenvalue weighted by atomic mass is 9.90. The fourth-order valence-electron chi connectivity index (χ4n) is 2.86. The summed E-state index contributed by atoms with van der Waals surface area (Å²) in [6.07, 6.45) is -1.13. The van der Waals surface area contributed by atoms with Crippen molar-refractivity contribution in [1.29, 1.82) is 0 Å². The molecule has 2 atom stereocenters. The molecule has 2 unspecified atom stereocenters. The molecule has 1 aliphatic heterocycles. The highest BCUT2D eigenvalue weighted by Crippen LogP contribution is 2.22. The number of likely N-dealkylation sites (tertiary alicyclic amines) is 1. The van der Waals surface area contributed by atoms with Gasteiger partial charge in [-0.15, -0.1) is 0 Å². The van der Waals surface area contributed by atoms with Gasteiger partial charge >= 0.3 is 12.1 Å². The topological polar surface area (TPSA) is 41.6 Å². The van der Waals surface area contributed by atoms with E-state index in [1.165, 1.54) is 7.11 Å². The Labute approximate surface area is 124 Å². The van der Waals surface area contributed by atoms with Crippen LogP contribution in [0.4, 0.5) is 13.2 Å². The van der Waals surface area contributed by atoms with Crippen LogP contribution in [0.1, 0.15) is 32.6 Å². The molecule has 7 heteroatoms. The monoisotopic (exact) mass is 310 g/mol. The van der Waals surface area contributed by atoms with E-state index in [-0.39, 0.29) is 18.4 Å². The second kappa shape index (κ2) is 8.58. The summed E-state index contributed by atoms with van der Waals surface area (Å²) in [6, 6.07) is -0.172. The average Bonchev–Trinajstić information content (AvgIpc) is 2.42. The van der Waals surface area contributed by atoms with Crippen molar-refractivity contribution >= 4 is 5.97 Å². The molecule has 0 aromatic carbocycles. The Morgan fingerprint density at radius 3 is 2.67 bits per heavy atom. The molecule has 0 saturated carbocycles. The summed E-state index contributed by atoms with van der Waals surface area (Å²) in [5.41, 5.74) is 0. The van der Waals surface area contributed by atoms with Gasteiger partial charge in [0.2, 0.25) is 0 Å². The molecule has 0 spiro atoms. The molecule has 0 aromatic rings. The van der Waals surface area contributed by atoms with Crippen LogP contribution in [0, 0.1) is 5.92 Å². The number of ether oxygens (including phenoxy) is 1. The molecule has 1 N–H and O–H groups in total. The van der Waals surface area contributed by atoms with Gasteiger partial charge in [-0.3, -0.25) is 4.79 Å². The van der Waals surface area contributed by atoms with Gasteiger partial charge in [-0.05, 0) is 18.8 Å². The van der Waals surface area contributed by atoms with Gasteiger partial charge in [0, 0.05) is 25.7 Å². The minimum atomic E-state index is -4.19. The summed E-state index contributed by atoms with van der Waals surface area (Å²) >= 11 is 0. The number of hydrogen-bond donors (Lipinski definition) is 1. The van der Waals surface area contributed by atoms with E-state index in [1.807, 2.05) is 0 Å². The normalized spacial score (nSPS) is 24.0. The number of piperidine rings is 1. The van der Waals surface area contributed by atoms with E-state index in [9.17, 15) is 18.0 Å². The van der Waals surface area contributed by atoms with Crippen molar-refractivity contribution in [2.75, 3.05) is 33.3 Å². The smallest absolute Gasteiger partial charge is 0.401 e. The van der Waals surface area contributed by atoms with E-state index in [0.29, 0.717) is 19.0 Å². The molecule has 124 valence electrons. The van der Waals surface area contributed by atoms with E-state index >= 15 is 0 Å². The van der Waals surface area contributed by atoms with Crippen LogP contribution in [0.3, 0.4) is 0 Å². The summed E-state index contributed by atoms with van der Waals surface area (Å²) in [4.78, 5) is 13.3. The average molecular weight is 310 g/mol. The first-order valence-electron chi connectivity index (χ1n) is 7.43. The van der Waals surface area contributed by atoms with Crippen molar-refractivity contribution in [1.82, 2.24) is 10.2 Å². The zero-order valence-corrected chi connectivity index (χ0v) is 12.7. The van der Waals surface area contributed by atoms with Gasteiger partial charge in [0.15, 0.2) is 0 Å². The van der Waals surface area contributed by atoms with Crippen LogP contribution in [0.2, 0.25) is 0 Å². The third-order valence-electron chi connectivity index (χ3n) is 3.76. The third kappa shape index (κ3) is 7.66. The number of nitrogens with one attached hydrogen (secondary N) is 1. The fourth-order valence-corrected chi connectivity index (χ4v) is 2.86. The van der Waals surface area contributed by atoms with Gasteiger partial charge in [-0.1, -0.05) is 13.3 Å². The fraction of sp³-hybridized carbons (Fsp3) is 0.929. The molecule has 1 aliphatic rings. The Hall–Kier alpha value is -0.820. The van der Waals surface area contributed by atoms with Gasteiger partial charge in [0.1, 0.15) is 0 Å². The van der Waals surface area contributed by atoms with Crippen LogP contribution in [0.15, 0.2) is 0 Å². The summed E-state index contributed by atoms with van der Waals surface area (Å²) < 4.78 is 41.6. The quantitative estimate of drug-likeness (QED) is 0.732. The Morgan fingerprint density at radius 2 is 2.10 bits per heavy atom. The van der Waals surface area contributed by atoms with E-state index < -0.39 is 12.7 Å². The van der Waals surface area contributed by atoms with Crippen molar-refractivity contribution in [3.05, 3.63) is 0 Å². The second-order valence-electron chi connectivity index (χ2n) is 5.67. The highest BCUT2D eigenvalue weighted by atomic mass is 19.4. The van der Waals surface area contributed by atoms with Crippen molar-refractivity contribution in [3.63, 3.8) is 0 Å². The van der Waals surface area contributed by atoms with Crippen molar-refractivity contribution in [3.8, 4) is 0 Å². The number of nitrogens with zero attached hydrogens (tertiary/aromatic N) is 1. The zero-order valence-electron chi connectivity index (χ0n) is 12.7. The first kappa shape index (κ1) is 18.2. The van der Waals surface area contributed by atoms with E-state index in [2.05, 4.69) is 21.9 Å². The minimum Gasteiger partial charge on any atom is -0.469 e. The summed E-state index contributed by atoms with van der Waals surface area (Å²) in [5.74, 6) is 0.0968. The first-order valence-corrected chi connectivity index (χ1v) is 7.43. The molecule has 0 aliphatic carbocycles. The molecule has 21 heavy (non-hydrogen) atoms. The number of halogens is 3. The first-order chi connectivity index (χ1) is 9.84. The molecule has 1 rings (SSSR count). The maximum absolute atomic E-state index is 12.3. The molecule has 0 bridgehead atoms. The van der Waals surface area contributed by atoms with Crippen LogP contribution in [0.5, 0.6) is 0 Å². The van der Waals surface area contributed by atoms with Gasteiger partial charge < -0.3 is 15.0 Å². The number of methoxy groups -OCH3 is 1. The van der Waals surface area contributed by atoms with E-state index in [4.69, 9.17) is 0 Å². The molecular formula is C14H25F3N2O2. The van der Waals surface area contributed by atoms with Crippen LogP contribution in [-0.2, 0) is 9.53 Å². The van der Waals surface area contributed by atoms with Crippen molar-refractivity contribution in [2.45, 2.75) is 44.8 Å². The van der Waals surface area contributed by atoms with Crippen molar-refractivity contribution in [2.24, 2.45) is 5.92 Å². The standard InChI is InChI=1S/C14H25F3N2O2/c1-3-4-11-7-12(18-10-14(15,16)17)9-19(8-11)6-5-13(20)21-2/h11-12,18H,3-10H2,1-2H3. The molecule has 4 nitrogen and oxygen atoms in total. The molecule has 0 radical (unpaired) electrons. The Bertz CT molecular complexity index is 324. The van der Waals surface area contributed by atoms with Crippen LogP contribution in [0.25, 0.3) is 0 Å². The minimum absolute atomic E-state index is 0.172. The maximum Gasteiger partial charge on any atom is 0.401 e. The van der Waals surface area contributed by atoms with Crippen LogP contribution >= 0.6 is 0 Å². The maximum atomic E-state index is 12.3. The van der Waals surface area contributed by atoms with E-state index in [1.54, 1.807) is 0 Å². The predicted molar refractivity (Wildman–Crippen MR) is 73.9 cm³/mol. The number of carbonyl (C=O) groups excluding carboxylic acids is 1. The van der Waals surface area contributed by atoms with Crippen LogP contribution in [-0.4, -0.2) is 56.4 Å². The number of rotatable bonds is 7. The highest BCUT2D eigenvalue weighted by Gasteiger charge is 2.31. The number of esters is 1. The number of hydrogen-bond acceptors (Lipinski definition) is 4. The Balaban J connectivity index is 2.49. The van der Waals surface area contributed by atoms with E-state index in [0.717, 1.165) is 25.8 Å². The molecule has 0 aromatic heterocycles. The molecule has 1 fully saturated rings. The second-order valence-corrected chi connectivity index (χ2v) is 5.67. The highest BCUT2D eigenvalue weighted by molar-refractivity contribution is 5.69. The molecule has 0 amide bonds. The summed E-state index contributed by atoms with van der Waals surface area (Å²) in [5, 5.41) is 2.60. The Morgan fingerprint density at radius 1 is 1.38 bits per heavy atom. The van der Waals surface area contributed by atoms with Gasteiger partial charge in [-0.2, -0.15) is 13.2 Å². The largest absolute Gasteiger partial charge is 0.469 e. The molecular weight excluding hydrogens is 285 g/mol. The van der Waals surface area contributed by atoms with Gasteiger partial charge in [0.05, 0.1) is 20.1 Å². The van der Waals surface area contributed by atoms with Gasteiger partial charge in [0.25, 0.3) is 0 Å². The molecule has 1 saturated heterocycles. The summed E-state index contributed by atoms with van der Waals surface area (Å²) in [6.45, 7) is 3.05. The Kier molecular flexibility index (Phi) is 7.45. The number of alkyl halides is 3. The van der Waals surface area contributed by atoms with Crippen LogP contribution < -0.4 is 5.32 Å². The molecule has 1 heterocycles.